The summed E-state index contributed by atoms with van der Waals surface area (Å²) >= 11 is 0. The summed E-state index contributed by atoms with van der Waals surface area (Å²) in [5.41, 5.74) is -2.49. The topological polar surface area (TPSA) is 77.5 Å². The lowest BCUT2D eigenvalue weighted by atomic mass is 10.0. The van der Waals surface area contributed by atoms with E-state index in [1.165, 1.54) is 0 Å². The molecular formula is C24H44N2O6. The van der Waals surface area contributed by atoms with Crippen molar-refractivity contribution in [2.75, 3.05) is 13.2 Å². The highest BCUT2D eigenvalue weighted by Gasteiger charge is 2.46. The van der Waals surface area contributed by atoms with Crippen LogP contribution in [-0.4, -0.2) is 69.9 Å². The summed E-state index contributed by atoms with van der Waals surface area (Å²) in [6.45, 7) is 19.8. The molecule has 2 fully saturated rings. The van der Waals surface area contributed by atoms with Crippen molar-refractivity contribution in [3.8, 4) is 0 Å². The average Bonchev–Trinajstić information content (AvgIpc) is 3.03. The summed E-state index contributed by atoms with van der Waals surface area (Å²) in [6.07, 6.45) is 2.75. The molecule has 0 radical (unpaired) electrons. The second kappa shape index (κ2) is 9.37. The van der Waals surface area contributed by atoms with E-state index >= 15 is 0 Å². The lowest BCUT2D eigenvalue weighted by Gasteiger charge is -2.35. The first kappa shape index (κ1) is 26.7. The molecule has 2 aliphatic rings. The minimum atomic E-state index is -0.691. The third kappa shape index (κ3) is 6.98. The van der Waals surface area contributed by atoms with E-state index in [2.05, 4.69) is 0 Å². The molecule has 0 aromatic heterocycles. The third-order valence-electron chi connectivity index (χ3n) is 5.65. The maximum absolute atomic E-state index is 12.8. The minimum Gasteiger partial charge on any atom is -0.444 e. The maximum atomic E-state index is 12.8. The lowest BCUT2D eigenvalue weighted by Crippen LogP contribution is -2.50. The van der Waals surface area contributed by atoms with E-state index in [0.717, 1.165) is 25.7 Å². The molecule has 32 heavy (non-hydrogen) atoms. The highest BCUT2D eigenvalue weighted by Crippen LogP contribution is 2.34. The molecule has 0 unspecified atom stereocenters. The van der Waals surface area contributed by atoms with Gasteiger partial charge in [-0.1, -0.05) is 12.8 Å². The van der Waals surface area contributed by atoms with Gasteiger partial charge in [-0.25, -0.2) is 9.59 Å². The number of unbranched alkanes of at least 4 members (excludes halogenated alkanes) is 1. The standard InChI is InChI=1S/C24H44N2O6/c1-21(2,3)31-19(27)25-17(15-29-23(25,7)8)13-11-12-14-18-16-30-24(9,10)26(18)20(28)32-22(4,5)6/h17-18H,11-16H2,1-10H3/t17-,18-/m1/s1. The van der Waals surface area contributed by atoms with Crippen LogP contribution in [0.1, 0.15) is 94.9 Å². The molecule has 0 N–H and O–H groups in total. The summed E-state index contributed by atoms with van der Waals surface area (Å²) in [5.74, 6) is 0. The van der Waals surface area contributed by atoms with E-state index < -0.39 is 22.7 Å². The highest BCUT2D eigenvalue weighted by molar-refractivity contribution is 5.70. The Hall–Kier alpha value is -1.54. The number of hydrogen-bond acceptors (Lipinski definition) is 6. The second-order valence-corrected chi connectivity index (χ2v) is 11.8. The van der Waals surface area contributed by atoms with E-state index in [0.29, 0.717) is 13.2 Å². The molecule has 0 saturated carbocycles. The highest BCUT2D eigenvalue weighted by atomic mass is 16.6. The Balaban J connectivity index is 1.92. The van der Waals surface area contributed by atoms with Gasteiger partial charge >= 0.3 is 12.2 Å². The fraction of sp³-hybridized carbons (Fsp3) is 0.917. The van der Waals surface area contributed by atoms with Crippen LogP contribution in [0.15, 0.2) is 0 Å². The van der Waals surface area contributed by atoms with E-state index in [1.807, 2.05) is 69.2 Å². The van der Waals surface area contributed by atoms with Crippen molar-refractivity contribution in [2.24, 2.45) is 0 Å². The fourth-order valence-electron chi connectivity index (χ4n) is 4.31. The zero-order chi connectivity index (χ0) is 24.5. The van der Waals surface area contributed by atoms with Gasteiger partial charge in [0.1, 0.15) is 22.7 Å². The van der Waals surface area contributed by atoms with Crippen LogP contribution in [0.4, 0.5) is 9.59 Å². The first-order valence-corrected chi connectivity index (χ1v) is 11.8. The summed E-state index contributed by atoms with van der Waals surface area (Å²) in [4.78, 5) is 29.0. The van der Waals surface area contributed by atoms with Gasteiger partial charge in [-0.05, 0) is 82.1 Å². The van der Waals surface area contributed by atoms with Crippen molar-refractivity contribution in [2.45, 2.75) is 130 Å². The number of hydrogen-bond donors (Lipinski definition) is 0. The van der Waals surface area contributed by atoms with Gasteiger partial charge in [0.25, 0.3) is 0 Å². The molecular weight excluding hydrogens is 412 g/mol. The number of carbonyl (C=O) groups excluding carboxylic acids is 2. The van der Waals surface area contributed by atoms with Crippen molar-refractivity contribution in [1.82, 2.24) is 9.80 Å². The van der Waals surface area contributed by atoms with Crippen LogP contribution in [0, 0.1) is 0 Å². The van der Waals surface area contributed by atoms with Crippen LogP contribution >= 0.6 is 0 Å². The van der Waals surface area contributed by atoms with Crippen molar-refractivity contribution in [3.05, 3.63) is 0 Å². The Labute approximate surface area is 193 Å². The Kier molecular flexibility index (Phi) is 7.82. The molecule has 2 amide bonds. The average molecular weight is 457 g/mol. The molecule has 0 bridgehead atoms. The van der Waals surface area contributed by atoms with Gasteiger partial charge in [0.15, 0.2) is 0 Å². The maximum Gasteiger partial charge on any atom is 0.412 e. The number of rotatable bonds is 5. The monoisotopic (exact) mass is 456 g/mol. The van der Waals surface area contributed by atoms with Crippen LogP contribution in [0.2, 0.25) is 0 Å². The fourth-order valence-corrected chi connectivity index (χ4v) is 4.31. The van der Waals surface area contributed by atoms with E-state index in [9.17, 15) is 9.59 Å². The smallest absolute Gasteiger partial charge is 0.412 e. The SMILES string of the molecule is CC(C)(C)OC(=O)N1[C@H](CCCC[C@@H]2COC(C)(C)N2C(=O)OC(C)(C)C)COC1(C)C. The predicted octanol–water partition coefficient (Wildman–Crippen LogP) is 5.29. The Morgan fingerprint density at radius 2 is 1.06 bits per heavy atom. The molecule has 2 heterocycles. The van der Waals surface area contributed by atoms with Gasteiger partial charge in [-0.15, -0.1) is 0 Å². The Morgan fingerprint density at radius 3 is 1.34 bits per heavy atom. The molecule has 8 heteroatoms. The predicted molar refractivity (Wildman–Crippen MR) is 122 cm³/mol. The normalized spacial score (nSPS) is 25.2. The largest absolute Gasteiger partial charge is 0.444 e. The molecule has 186 valence electrons. The second-order valence-electron chi connectivity index (χ2n) is 11.8. The minimum absolute atomic E-state index is 0.0296. The summed E-state index contributed by atoms with van der Waals surface area (Å²) in [6, 6.07) is -0.0591. The molecule has 8 nitrogen and oxygen atoms in total. The zero-order valence-electron chi connectivity index (χ0n) is 21.7. The molecule has 0 spiro atoms. The van der Waals surface area contributed by atoms with Gasteiger partial charge in [0.05, 0.1) is 25.3 Å². The van der Waals surface area contributed by atoms with E-state index in [1.54, 1.807) is 9.80 Å². The molecule has 0 aliphatic carbocycles. The number of nitrogens with zero attached hydrogens (tertiary/aromatic N) is 2. The van der Waals surface area contributed by atoms with Gasteiger partial charge in [0.2, 0.25) is 0 Å². The van der Waals surface area contributed by atoms with Gasteiger partial charge < -0.3 is 18.9 Å². The summed E-state index contributed by atoms with van der Waals surface area (Å²) < 4.78 is 23.0. The molecule has 2 aliphatic heterocycles. The van der Waals surface area contributed by atoms with Gasteiger partial charge in [0, 0.05) is 0 Å². The number of amides is 2. The molecule has 2 rings (SSSR count). The van der Waals surface area contributed by atoms with Crippen LogP contribution in [-0.2, 0) is 18.9 Å². The van der Waals surface area contributed by atoms with Gasteiger partial charge in [-0.2, -0.15) is 0 Å². The van der Waals surface area contributed by atoms with Crippen molar-refractivity contribution in [3.63, 3.8) is 0 Å². The third-order valence-corrected chi connectivity index (χ3v) is 5.65. The van der Waals surface area contributed by atoms with Crippen molar-refractivity contribution >= 4 is 12.2 Å². The molecule has 0 aromatic carbocycles. The molecule has 2 atom stereocenters. The first-order chi connectivity index (χ1) is 14.4. The van der Waals surface area contributed by atoms with Crippen LogP contribution in [0.3, 0.4) is 0 Å². The first-order valence-electron chi connectivity index (χ1n) is 11.8. The quantitative estimate of drug-likeness (QED) is 0.523. The van der Waals surface area contributed by atoms with Gasteiger partial charge in [-0.3, -0.25) is 9.80 Å². The summed E-state index contributed by atoms with van der Waals surface area (Å²) in [7, 11) is 0. The molecule has 0 aromatic rings. The number of ether oxygens (including phenoxy) is 4. The van der Waals surface area contributed by atoms with Crippen LogP contribution in [0.25, 0.3) is 0 Å². The zero-order valence-corrected chi connectivity index (χ0v) is 21.7. The summed E-state index contributed by atoms with van der Waals surface area (Å²) in [5, 5.41) is 0. The molecule has 2 saturated heterocycles. The van der Waals surface area contributed by atoms with Crippen molar-refractivity contribution in [1.29, 1.82) is 0 Å². The van der Waals surface area contributed by atoms with E-state index in [-0.39, 0.29) is 24.3 Å². The van der Waals surface area contributed by atoms with Crippen molar-refractivity contribution < 1.29 is 28.5 Å². The Morgan fingerprint density at radius 1 is 0.750 bits per heavy atom. The number of carbonyl (C=O) groups is 2. The Bertz CT molecular complexity index is 619. The van der Waals surface area contributed by atoms with Crippen LogP contribution in [0.5, 0.6) is 0 Å². The van der Waals surface area contributed by atoms with E-state index in [4.69, 9.17) is 18.9 Å². The lowest BCUT2D eigenvalue weighted by molar-refractivity contribution is -0.0642. The van der Waals surface area contributed by atoms with Crippen LogP contribution < -0.4 is 0 Å².